The van der Waals surface area contributed by atoms with Gasteiger partial charge in [0, 0.05) is 44.1 Å². The number of rotatable bonds is 5. The minimum Gasteiger partial charge on any atom is -0.478 e. The number of piperidine rings is 1. The van der Waals surface area contributed by atoms with Gasteiger partial charge in [-0.1, -0.05) is 12.1 Å². The van der Waals surface area contributed by atoms with Crippen LogP contribution >= 0.6 is 0 Å². The highest BCUT2D eigenvalue weighted by Crippen LogP contribution is 2.31. The SMILES string of the molecule is COCC(=O)N1CCC[C@@H](c2nccnc2-c2ccc(C(=O)O)cc2)C1. The lowest BCUT2D eigenvalue weighted by atomic mass is 9.91. The number of hydrogen-bond donors (Lipinski definition) is 1. The predicted molar refractivity (Wildman–Crippen MR) is 94.9 cm³/mol. The topological polar surface area (TPSA) is 92.6 Å². The van der Waals surface area contributed by atoms with Gasteiger partial charge in [-0.3, -0.25) is 14.8 Å². The van der Waals surface area contributed by atoms with E-state index in [1.165, 1.54) is 7.11 Å². The van der Waals surface area contributed by atoms with E-state index < -0.39 is 5.97 Å². The Bertz CT molecular complexity index is 792. The molecule has 1 N–H and O–H groups in total. The maximum absolute atomic E-state index is 12.1. The van der Waals surface area contributed by atoms with Crippen LogP contribution in [-0.4, -0.2) is 58.7 Å². The summed E-state index contributed by atoms with van der Waals surface area (Å²) in [6.45, 7) is 1.39. The number of aromatic nitrogens is 2. The fourth-order valence-corrected chi connectivity index (χ4v) is 3.28. The lowest BCUT2D eigenvalue weighted by Crippen LogP contribution is -2.41. The maximum atomic E-state index is 12.1. The van der Waals surface area contributed by atoms with Gasteiger partial charge in [-0.15, -0.1) is 0 Å². The van der Waals surface area contributed by atoms with Crippen LogP contribution in [-0.2, 0) is 9.53 Å². The number of methoxy groups -OCH3 is 1. The summed E-state index contributed by atoms with van der Waals surface area (Å²) in [5.74, 6) is -0.892. The average Bonchev–Trinajstić information content (AvgIpc) is 2.68. The fraction of sp³-hybridized carbons (Fsp3) is 0.368. The van der Waals surface area contributed by atoms with Gasteiger partial charge in [-0.05, 0) is 25.0 Å². The Morgan fingerprint density at radius 2 is 1.96 bits per heavy atom. The maximum Gasteiger partial charge on any atom is 0.335 e. The minimum atomic E-state index is -0.963. The second-order valence-electron chi connectivity index (χ2n) is 6.28. The lowest BCUT2D eigenvalue weighted by Gasteiger charge is -2.33. The number of carbonyl (C=O) groups is 2. The van der Waals surface area contributed by atoms with Crippen molar-refractivity contribution in [3.05, 3.63) is 47.9 Å². The van der Waals surface area contributed by atoms with Gasteiger partial charge in [-0.2, -0.15) is 0 Å². The summed E-state index contributed by atoms with van der Waals surface area (Å²) in [4.78, 5) is 34.0. The first-order valence-electron chi connectivity index (χ1n) is 8.51. The number of ether oxygens (including phenoxy) is 1. The number of nitrogens with zero attached hydrogens (tertiary/aromatic N) is 3. The molecule has 136 valence electrons. The number of hydrogen-bond acceptors (Lipinski definition) is 5. The average molecular weight is 355 g/mol. The summed E-state index contributed by atoms with van der Waals surface area (Å²) in [5.41, 5.74) is 2.62. The molecule has 2 aromatic rings. The van der Waals surface area contributed by atoms with Crippen molar-refractivity contribution in [2.24, 2.45) is 0 Å². The first-order chi connectivity index (χ1) is 12.6. The van der Waals surface area contributed by atoms with Crippen LogP contribution in [0.5, 0.6) is 0 Å². The summed E-state index contributed by atoms with van der Waals surface area (Å²) in [6, 6.07) is 6.61. The van der Waals surface area contributed by atoms with E-state index in [1.807, 2.05) is 4.90 Å². The molecular weight excluding hydrogens is 334 g/mol. The number of likely N-dealkylation sites (tertiary alicyclic amines) is 1. The van der Waals surface area contributed by atoms with Crippen LogP contribution in [0.1, 0.15) is 34.8 Å². The molecule has 7 heteroatoms. The van der Waals surface area contributed by atoms with Crippen molar-refractivity contribution >= 4 is 11.9 Å². The second kappa shape index (κ2) is 8.05. The number of aromatic carboxylic acids is 1. The van der Waals surface area contributed by atoms with Gasteiger partial charge in [0.25, 0.3) is 0 Å². The van der Waals surface area contributed by atoms with Crippen LogP contribution in [0.3, 0.4) is 0 Å². The van der Waals surface area contributed by atoms with Gasteiger partial charge < -0.3 is 14.7 Å². The molecular formula is C19H21N3O4. The summed E-state index contributed by atoms with van der Waals surface area (Å²) in [7, 11) is 1.51. The molecule has 1 atom stereocenters. The van der Waals surface area contributed by atoms with E-state index in [2.05, 4.69) is 9.97 Å². The number of carboxylic acid groups (broad SMARTS) is 1. The highest BCUT2D eigenvalue weighted by molar-refractivity contribution is 5.88. The van der Waals surface area contributed by atoms with E-state index in [-0.39, 0.29) is 24.0 Å². The number of benzene rings is 1. The molecule has 0 radical (unpaired) electrons. The van der Waals surface area contributed by atoms with Crippen molar-refractivity contribution in [3.8, 4) is 11.3 Å². The zero-order chi connectivity index (χ0) is 18.5. The molecule has 1 amide bonds. The first-order valence-corrected chi connectivity index (χ1v) is 8.51. The van der Waals surface area contributed by atoms with E-state index in [4.69, 9.17) is 9.84 Å². The molecule has 0 aliphatic carbocycles. The Labute approximate surface area is 151 Å². The van der Waals surface area contributed by atoms with Gasteiger partial charge in [0.2, 0.25) is 5.91 Å². The highest BCUT2D eigenvalue weighted by Gasteiger charge is 2.27. The Hall–Kier alpha value is -2.80. The molecule has 0 unspecified atom stereocenters. The van der Waals surface area contributed by atoms with Crippen molar-refractivity contribution in [1.29, 1.82) is 0 Å². The van der Waals surface area contributed by atoms with Gasteiger partial charge >= 0.3 is 5.97 Å². The molecule has 26 heavy (non-hydrogen) atoms. The number of carboxylic acids is 1. The van der Waals surface area contributed by atoms with Crippen LogP contribution in [0.2, 0.25) is 0 Å². The van der Waals surface area contributed by atoms with Gasteiger partial charge in [0.15, 0.2) is 0 Å². The van der Waals surface area contributed by atoms with Crippen LogP contribution in [0.25, 0.3) is 11.3 Å². The van der Waals surface area contributed by atoms with Crippen LogP contribution in [0.15, 0.2) is 36.7 Å². The summed E-state index contributed by atoms with van der Waals surface area (Å²) in [5, 5.41) is 9.05. The summed E-state index contributed by atoms with van der Waals surface area (Å²) < 4.78 is 4.95. The van der Waals surface area contributed by atoms with E-state index in [0.29, 0.717) is 6.54 Å². The molecule has 0 bridgehead atoms. The zero-order valence-corrected chi connectivity index (χ0v) is 14.6. The standard InChI is InChI=1S/C19H21N3O4/c1-26-12-16(23)22-10-2-3-15(11-22)18-17(20-8-9-21-18)13-4-6-14(7-5-13)19(24)25/h4-9,15H,2-3,10-12H2,1H3,(H,24,25)/t15-/m1/s1. The van der Waals surface area contributed by atoms with Crippen molar-refractivity contribution in [2.75, 3.05) is 26.8 Å². The van der Waals surface area contributed by atoms with Gasteiger partial charge in [-0.25, -0.2) is 4.79 Å². The molecule has 2 heterocycles. The van der Waals surface area contributed by atoms with Gasteiger partial charge in [0.05, 0.1) is 17.0 Å². The van der Waals surface area contributed by atoms with Gasteiger partial charge in [0.1, 0.15) is 6.61 Å². The van der Waals surface area contributed by atoms with Crippen molar-refractivity contribution in [1.82, 2.24) is 14.9 Å². The molecule has 1 aromatic heterocycles. The third-order valence-electron chi connectivity index (χ3n) is 4.56. The normalized spacial score (nSPS) is 17.1. The van der Waals surface area contributed by atoms with E-state index in [0.717, 1.165) is 36.3 Å². The predicted octanol–water partition coefficient (Wildman–Crippen LogP) is 2.19. The lowest BCUT2D eigenvalue weighted by molar-refractivity contribution is -0.136. The minimum absolute atomic E-state index is 0.0200. The Morgan fingerprint density at radius 3 is 2.65 bits per heavy atom. The molecule has 1 aliphatic heterocycles. The summed E-state index contributed by atoms with van der Waals surface area (Å²) >= 11 is 0. The van der Waals surface area contributed by atoms with Crippen molar-refractivity contribution in [2.45, 2.75) is 18.8 Å². The quantitative estimate of drug-likeness (QED) is 0.884. The molecule has 7 nitrogen and oxygen atoms in total. The Kier molecular flexibility index (Phi) is 5.58. The third-order valence-corrected chi connectivity index (χ3v) is 4.56. The molecule has 0 saturated carbocycles. The highest BCUT2D eigenvalue weighted by atomic mass is 16.5. The van der Waals surface area contributed by atoms with Crippen LogP contribution in [0.4, 0.5) is 0 Å². The molecule has 3 rings (SSSR count). The summed E-state index contributed by atoms with van der Waals surface area (Å²) in [6.07, 6.45) is 5.10. The van der Waals surface area contributed by atoms with Crippen molar-refractivity contribution < 1.29 is 19.4 Å². The van der Waals surface area contributed by atoms with Crippen LogP contribution < -0.4 is 0 Å². The Morgan fingerprint density at radius 1 is 1.23 bits per heavy atom. The second-order valence-corrected chi connectivity index (χ2v) is 6.28. The van der Waals surface area contributed by atoms with E-state index in [9.17, 15) is 9.59 Å². The van der Waals surface area contributed by atoms with Crippen molar-refractivity contribution in [3.63, 3.8) is 0 Å². The zero-order valence-electron chi connectivity index (χ0n) is 14.6. The molecule has 1 saturated heterocycles. The molecule has 1 aliphatic rings. The van der Waals surface area contributed by atoms with Crippen LogP contribution in [0, 0.1) is 0 Å². The molecule has 0 spiro atoms. The third kappa shape index (κ3) is 3.88. The molecule has 1 fully saturated rings. The number of carbonyl (C=O) groups excluding carboxylic acids is 1. The van der Waals surface area contributed by atoms with E-state index >= 15 is 0 Å². The van der Waals surface area contributed by atoms with E-state index in [1.54, 1.807) is 36.7 Å². The first kappa shape index (κ1) is 18.0. The monoisotopic (exact) mass is 355 g/mol. The fourth-order valence-electron chi connectivity index (χ4n) is 3.28. The largest absolute Gasteiger partial charge is 0.478 e. The smallest absolute Gasteiger partial charge is 0.335 e. The Balaban J connectivity index is 1.87. The molecule has 1 aromatic carbocycles. The number of amides is 1.